The standard InChI is InChI=1S/C20H19ClN2O2/c1-14-12-15(6-8-17(14)21)7-9-19(24)23-13-16-4-2-10-22-20(16)18-5-3-11-25-18/h2-6,8,10-12H,7,9,13H2,1H3,(H,23,24). The van der Waals surface area contributed by atoms with Crippen LogP contribution in [-0.2, 0) is 17.8 Å². The molecule has 1 amide bonds. The van der Waals surface area contributed by atoms with Crippen molar-refractivity contribution >= 4 is 17.5 Å². The molecule has 0 saturated carbocycles. The molecule has 2 heterocycles. The van der Waals surface area contributed by atoms with Gasteiger partial charge in [0, 0.05) is 29.7 Å². The number of hydrogen-bond acceptors (Lipinski definition) is 3. The van der Waals surface area contributed by atoms with Gasteiger partial charge in [-0.2, -0.15) is 0 Å². The fourth-order valence-corrected chi connectivity index (χ4v) is 2.74. The molecule has 0 aliphatic rings. The molecule has 0 saturated heterocycles. The van der Waals surface area contributed by atoms with Crippen molar-refractivity contribution in [3.63, 3.8) is 0 Å². The molecule has 0 atom stereocenters. The average Bonchev–Trinajstić information content (AvgIpc) is 3.15. The molecule has 0 unspecified atom stereocenters. The third-order valence-electron chi connectivity index (χ3n) is 3.98. The summed E-state index contributed by atoms with van der Waals surface area (Å²) in [6.45, 7) is 2.38. The summed E-state index contributed by atoms with van der Waals surface area (Å²) in [5.41, 5.74) is 3.81. The molecular formula is C20H19ClN2O2. The van der Waals surface area contributed by atoms with Gasteiger partial charge in [0.2, 0.25) is 5.91 Å². The van der Waals surface area contributed by atoms with Gasteiger partial charge in [-0.05, 0) is 48.7 Å². The summed E-state index contributed by atoms with van der Waals surface area (Å²) >= 11 is 6.03. The van der Waals surface area contributed by atoms with E-state index in [1.807, 2.05) is 49.4 Å². The van der Waals surface area contributed by atoms with E-state index in [9.17, 15) is 4.79 Å². The van der Waals surface area contributed by atoms with Gasteiger partial charge in [-0.15, -0.1) is 0 Å². The van der Waals surface area contributed by atoms with E-state index in [2.05, 4.69) is 10.3 Å². The first-order valence-corrected chi connectivity index (χ1v) is 8.51. The Balaban J connectivity index is 1.57. The van der Waals surface area contributed by atoms with E-state index in [1.165, 1.54) is 0 Å². The minimum Gasteiger partial charge on any atom is -0.463 e. The second kappa shape index (κ2) is 7.99. The molecule has 0 radical (unpaired) electrons. The highest BCUT2D eigenvalue weighted by atomic mass is 35.5. The van der Waals surface area contributed by atoms with E-state index >= 15 is 0 Å². The van der Waals surface area contributed by atoms with E-state index < -0.39 is 0 Å². The van der Waals surface area contributed by atoms with E-state index in [0.29, 0.717) is 25.1 Å². The predicted molar refractivity (Wildman–Crippen MR) is 98.3 cm³/mol. The number of nitrogens with zero attached hydrogens (tertiary/aromatic N) is 1. The Morgan fingerprint density at radius 2 is 2.12 bits per heavy atom. The zero-order valence-electron chi connectivity index (χ0n) is 14.0. The number of amides is 1. The number of nitrogens with one attached hydrogen (secondary N) is 1. The third-order valence-corrected chi connectivity index (χ3v) is 4.41. The number of halogens is 1. The molecule has 5 heteroatoms. The van der Waals surface area contributed by atoms with Crippen LogP contribution in [0.15, 0.2) is 59.3 Å². The molecule has 2 aromatic heterocycles. The molecule has 0 aliphatic heterocycles. The first-order chi connectivity index (χ1) is 12.1. The van der Waals surface area contributed by atoms with Crippen molar-refractivity contribution in [1.29, 1.82) is 0 Å². The lowest BCUT2D eigenvalue weighted by Gasteiger charge is -2.09. The molecule has 0 aliphatic carbocycles. The van der Waals surface area contributed by atoms with Crippen LogP contribution in [0.2, 0.25) is 5.02 Å². The van der Waals surface area contributed by atoms with Crippen LogP contribution in [0, 0.1) is 6.92 Å². The summed E-state index contributed by atoms with van der Waals surface area (Å²) in [6, 6.07) is 13.3. The van der Waals surface area contributed by atoms with Crippen LogP contribution in [0.4, 0.5) is 0 Å². The summed E-state index contributed by atoms with van der Waals surface area (Å²) < 4.78 is 5.41. The number of pyridine rings is 1. The van der Waals surface area contributed by atoms with Crippen LogP contribution in [0.25, 0.3) is 11.5 Å². The maximum atomic E-state index is 12.2. The quantitative estimate of drug-likeness (QED) is 0.706. The number of benzene rings is 1. The van der Waals surface area contributed by atoms with Crippen LogP contribution < -0.4 is 5.32 Å². The number of aromatic nitrogens is 1. The van der Waals surface area contributed by atoms with Gasteiger partial charge in [0.1, 0.15) is 5.69 Å². The van der Waals surface area contributed by atoms with Gasteiger partial charge in [-0.25, -0.2) is 0 Å². The molecule has 4 nitrogen and oxygen atoms in total. The Morgan fingerprint density at radius 3 is 2.88 bits per heavy atom. The average molecular weight is 355 g/mol. The van der Waals surface area contributed by atoms with Crippen molar-refractivity contribution < 1.29 is 9.21 Å². The SMILES string of the molecule is Cc1cc(CCC(=O)NCc2cccnc2-c2ccco2)ccc1Cl. The van der Waals surface area contributed by atoms with E-state index in [1.54, 1.807) is 12.5 Å². The molecule has 1 aromatic carbocycles. The molecule has 0 spiro atoms. The minimum atomic E-state index is 0.00171. The van der Waals surface area contributed by atoms with Crippen LogP contribution in [0.5, 0.6) is 0 Å². The number of hydrogen-bond donors (Lipinski definition) is 1. The van der Waals surface area contributed by atoms with Crippen LogP contribution in [-0.4, -0.2) is 10.9 Å². The highest BCUT2D eigenvalue weighted by Gasteiger charge is 2.10. The lowest BCUT2D eigenvalue weighted by Crippen LogP contribution is -2.23. The third kappa shape index (κ3) is 4.48. The summed E-state index contributed by atoms with van der Waals surface area (Å²) in [5.74, 6) is 0.698. The predicted octanol–water partition coefficient (Wildman–Crippen LogP) is 4.55. The van der Waals surface area contributed by atoms with Crippen LogP contribution in [0.1, 0.15) is 23.1 Å². The van der Waals surface area contributed by atoms with Crippen LogP contribution in [0.3, 0.4) is 0 Å². The maximum absolute atomic E-state index is 12.2. The first kappa shape index (κ1) is 17.2. The monoisotopic (exact) mass is 354 g/mol. The maximum Gasteiger partial charge on any atom is 0.220 e. The van der Waals surface area contributed by atoms with Gasteiger partial charge in [0.05, 0.1) is 6.26 Å². The highest BCUT2D eigenvalue weighted by molar-refractivity contribution is 6.31. The van der Waals surface area contributed by atoms with E-state index in [4.69, 9.17) is 16.0 Å². The molecule has 3 aromatic rings. The van der Waals surface area contributed by atoms with Gasteiger partial charge in [0.25, 0.3) is 0 Å². The topological polar surface area (TPSA) is 55.1 Å². The lowest BCUT2D eigenvalue weighted by atomic mass is 10.1. The number of rotatable bonds is 6. The zero-order valence-corrected chi connectivity index (χ0v) is 14.7. The number of furan rings is 1. The Bertz CT molecular complexity index is 860. The normalized spacial score (nSPS) is 10.6. The Morgan fingerprint density at radius 1 is 1.24 bits per heavy atom. The fourth-order valence-electron chi connectivity index (χ4n) is 2.62. The largest absolute Gasteiger partial charge is 0.463 e. The molecule has 0 fully saturated rings. The van der Waals surface area contributed by atoms with E-state index in [-0.39, 0.29) is 5.91 Å². The lowest BCUT2D eigenvalue weighted by molar-refractivity contribution is -0.121. The van der Waals surface area contributed by atoms with Crippen LogP contribution >= 0.6 is 11.6 Å². The number of carbonyl (C=O) groups excluding carboxylic acids is 1. The van der Waals surface area contributed by atoms with Gasteiger partial charge in [-0.3, -0.25) is 9.78 Å². The smallest absolute Gasteiger partial charge is 0.220 e. The molecule has 3 rings (SSSR count). The first-order valence-electron chi connectivity index (χ1n) is 8.13. The summed E-state index contributed by atoms with van der Waals surface area (Å²) in [7, 11) is 0. The molecule has 25 heavy (non-hydrogen) atoms. The van der Waals surface area contributed by atoms with Gasteiger partial charge in [-0.1, -0.05) is 29.8 Å². The molecule has 128 valence electrons. The Kier molecular flexibility index (Phi) is 5.51. The summed E-state index contributed by atoms with van der Waals surface area (Å²) in [5, 5.41) is 3.70. The van der Waals surface area contributed by atoms with E-state index in [0.717, 1.165) is 27.4 Å². The molecular weight excluding hydrogens is 336 g/mol. The second-order valence-corrected chi connectivity index (χ2v) is 6.26. The van der Waals surface area contributed by atoms with Crippen molar-refractivity contribution in [2.45, 2.75) is 26.3 Å². The fraction of sp³-hybridized carbons (Fsp3) is 0.200. The van der Waals surface area contributed by atoms with Crippen molar-refractivity contribution in [3.05, 3.63) is 76.6 Å². The van der Waals surface area contributed by atoms with Crippen molar-refractivity contribution in [3.8, 4) is 11.5 Å². The summed E-state index contributed by atoms with van der Waals surface area (Å²) in [6.07, 6.45) is 4.44. The molecule has 1 N–H and O–H groups in total. The minimum absolute atomic E-state index is 0.00171. The second-order valence-electron chi connectivity index (χ2n) is 5.85. The van der Waals surface area contributed by atoms with Gasteiger partial charge >= 0.3 is 0 Å². The Labute approximate surface area is 151 Å². The zero-order chi connectivity index (χ0) is 17.6. The summed E-state index contributed by atoms with van der Waals surface area (Å²) in [4.78, 5) is 16.5. The van der Waals surface area contributed by atoms with Gasteiger partial charge in [0.15, 0.2) is 5.76 Å². The van der Waals surface area contributed by atoms with Crippen molar-refractivity contribution in [1.82, 2.24) is 10.3 Å². The number of aryl methyl sites for hydroxylation is 2. The highest BCUT2D eigenvalue weighted by Crippen LogP contribution is 2.21. The van der Waals surface area contributed by atoms with Gasteiger partial charge < -0.3 is 9.73 Å². The Hall–Kier alpha value is -2.59. The molecule has 0 bridgehead atoms. The van der Waals surface area contributed by atoms with Crippen molar-refractivity contribution in [2.75, 3.05) is 0 Å². The number of carbonyl (C=O) groups is 1. The van der Waals surface area contributed by atoms with Crippen molar-refractivity contribution in [2.24, 2.45) is 0 Å².